The average molecular weight is 256 g/mol. The van der Waals surface area contributed by atoms with Gasteiger partial charge in [-0.05, 0) is 11.6 Å². The molecule has 0 radical (unpaired) electrons. The lowest BCUT2D eigenvalue weighted by Gasteiger charge is -2.07. The summed E-state index contributed by atoms with van der Waals surface area (Å²) in [4.78, 5) is 0. The second-order valence-electron chi connectivity index (χ2n) is 2.36. The predicted molar refractivity (Wildman–Crippen MR) is 60.0 cm³/mol. The van der Waals surface area contributed by atoms with Gasteiger partial charge in [-0.15, -0.1) is 11.6 Å². The number of alkyl halides is 1. The largest absolute Gasteiger partial charge is 0.113 e. The SMILES string of the molecule is ClC=CC(Cl)c1cccc(Cl)c1Cl. The van der Waals surface area contributed by atoms with E-state index in [2.05, 4.69) is 0 Å². The van der Waals surface area contributed by atoms with Crippen molar-refractivity contribution < 1.29 is 0 Å². The minimum atomic E-state index is -0.344. The molecule has 70 valence electrons. The third kappa shape index (κ3) is 2.78. The zero-order valence-corrected chi connectivity index (χ0v) is 9.50. The van der Waals surface area contributed by atoms with E-state index in [0.29, 0.717) is 10.0 Å². The van der Waals surface area contributed by atoms with Gasteiger partial charge in [-0.3, -0.25) is 0 Å². The highest BCUT2D eigenvalue weighted by Crippen LogP contribution is 2.33. The summed E-state index contributed by atoms with van der Waals surface area (Å²) in [5.74, 6) is 0. The molecular formula is C9H6Cl4. The molecule has 1 aromatic rings. The number of hydrogen-bond acceptors (Lipinski definition) is 0. The van der Waals surface area contributed by atoms with Gasteiger partial charge in [0.05, 0.1) is 15.4 Å². The number of hydrogen-bond donors (Lipinski definition) is 0. The van der Waals surface area contributed by atoms with Gasteiger partial charge in [-0.25, -0.2) is 0 Å². The summed E-state index contributed by atoms with van der Waals surface area (Å²) in [6.07, 6.45) is 1.63. The van der Waals surface area contributed by atoms with E-state index in [9.17, 15) is 0 Å². The highest BCUT2D eigenvalue weighted by molar-refractivity contribution is 6.43. The minimum absolute atomic E-state index is 0.344. The number of rotatable bonds is 2. The van der Waals surface area contributed by atoms with Crippen LogP contribution in [0.25, 0.3) is 0 Å². The zero-order chi connectivity index (χ0) is 9.84. The van der Waals surface area contributed by atoms with Gasteiger partial charge in [-0.1, -0.05) is 53.0 Å². The van der Waals surface area contributed by atoms with Gasteiger partial charge in [0, 0.05) is 5.54 Å². The quantitative estimate of drug-likeness (QED) is 0.651. The van der Waals surface area contributed by atoms with E-state index >= 15 is 0 Å². The molecule has 0 fully saturated rings. The molecule has 0 heterocycles. The highest BCUT2D eigenvalue weighted by Gasteiger charge is 2.10. The van der Waals surface area contributed by atoms with Crippen LogP contribution < -0.4 is 0 Å². The minimum Gasteiger partial charge on any atom is -0.113 e. The van der Waals surface area contributed by atoms with Crippen LogP contribution in [-0.2, 0) is 0 Å². The van der Waals surface area contributed by atoms with Crippen molar-refractivity contribution >= 4 is 46.4 Å². The zero-order valence-electron chi connectivity index (χ0n) is 6.48. The summed E-state index contributed by atoms with van der Waals surface area (Å²) in [5, 5.41) is 0.621. The molecule has 0 aromatic heterocycles. The van der Waals surface area contributed by atoms with Crippen molar-refractivity contribution in [2.24, 2.45) is 0 Å². The van der Waals surface area contributed by atoms with Crippen LogP contribution in [0.3, 0.4) is 0 Å². The molecule has 0 aliphatic rings. The third-order valence-corrected chi connectivity index (χ3v) is 2.88. The Hall–Kier alpha value is 0.120. The van der Waals surface area contributed by atoms with Gasteiger partial charge < -0.3 is 0 Å². The molecule has 0 saturated carbocycles. The Morgan fingerprint density at radius 2 is 1.92 bits per heavy atom. The Morgan fingerprint density at radius 3 is 2.54 bits per heavy atom. The monoisotopic (exact) mass is 254 g/mol. The molecule has 0 saturated heterocycles. The first-order valence-corrected chi connectivity index (χ1v) is 5.14. The summed E-state index contributed by atoms with van der Waals surface area (Å²) < 4.78 is 0. The molecule has 0 bridgehead atoms. The molecular weight excluding hydrogens is 250 g/mol. The van der Waals surface area contributed by atoms with Crippen LogP contribution in [-0.4, -0.2) is 0 Å². The maximum atomic E-state index is 5.97. The van der Waals surface area contributed by atoms with Gasteiger partial charge in [0.25, 0.3) is 0 Å². The maximum absolute atomic E-state index is 5.97. The Balaban J connectivity index is 3.07. The number of allylic oxidation sites excluding steroid dienone is 1. The van der Waals surface area contributed by atoms with E-state index in [-0.39, 0.29) is 5.38 Å². The van der Waals surface area contributed by atoms with Gasteiger partial charge in [0.15, 0.2) is 0 Å². The van der Waals surface area contributed by atoms with Crippen LogP contribution in [0.5, 0.6) is 0 Å². The van der Waals surface area contributed by atoms with Gasteiger partial charge in [0.1, 0.15) is 0 Å². The first-order valence-electron chi connectivity index (χ1n) is 3.51. The topological polar surface area (TPSA) is 0 Å². The highest BCUT2D eigenvalue weighted by atomic mass is 35.5. The molecule has 0 nitrogen and oxygen atoms in total. The maximum Gasteiger partial charge on any atom is 0.0792 e. The first-order chi connectivity index (χ1) is 6.16. The lowest BCUT2D eigenvalue weighted by molar-refractivity contribution is 1.22. The van der Waals surface area contributed by atoms with Crippen LogP contribution in [0.1, 0.15) is 10.9 Å². The molecule has 1 atom stereocenters. The fourth-order valence-corrected chi connectivity index (χ4v) is 1.86. The summed E-state index contributed by atoms with van der Waals surface area (Å²) in [5.41, 5.74) is 2.11. The Morgan fingerprint density at radius 1 is 1.23 bits per heavy atom. The average Bonchev–Trinajstić information content (AvgIpc) is 2.10. The van der Waals surface area contributed by atoms with Gasteiger partial charge in [0.2, 0.25) is 0 Å². The lowest BCUT2D eigenvalue weighted by atomic mass is 10.1. The second kappa shape index (κ2) is 5.11. The second-order valence-corrected chi connectivity index (χ2v) is 3.87. The molecule has 13 heavy (non-hydrogen) atoms. The molecule has 4 heteroatoms. The van der Waals surface area contributed by atoms with E-state index < -0.39 is 0 Å². The van der Waals surface area contributed by atoms with Crippen molar-refractivity contribution in [3.63, 3.8) is 0 Å². The smallest absolute Gasteiger partial charge is 0.0792 e. The van der Waals surface area contributed by atoms with E-state index in [1.807, 2.05) is 6.07 Å². The summed E-state index contributed by atoms with van der Waals surface area (Å²) in [6.45, 7) is 0. The molecule has 0 amide bonds. The van der Waals surface area contributed by atoms with E-state index in [0.717, 1.165) is 5.56 Å². The summed E-state index contributed by atoms with van der Waals surface area (Å²) in [7, 11) is 0. The Kier molecular flexibility index (Phi) is 4.40. The molecule has 0 aliphatic heterocycles. The van der Waals surface area contributed by atoms with Crippen molar-refractivity contribution in [3.05, 3.63) is 45.4 Å². The molecule has 0 spiro atoms. The fourth-order valence-electron chi connectivity index (χ4n) is 0.901. The first kappa shape index (κ1) is 11.2. The van der Waals surface area contributed by atoms with Crippen molar-refractivity contribution in [1.82, 2.24) is 0 Å². The summed E-state index contributed by atoms with van der Waals surface area (Å²) in [6, 6.07) is 5.31. The standard InChI is InChI=1S/C9H6Cl4/c10-5-4-7(11)6-2-1-3-8(12)9(6)13/h1-5,7H. The van der Waals surface area contributed by atoms with Gasteiger partial charge >= 0.3 is 0 Å². The lowest BCUT2D eigenvalue weighted by Crippen LogP contribution is -1.87. The van der Waals surface area contributed by atoms with E-state index in [4.69, 9.17) is 46.4 Å². The van der Waals surface area contributed by atoms with Crippen molar-refractivity contribution in [1.29, 1.82) is 0 Å². The summed E-state index contributed by atoms with van der Waals surface area (Å²) >= 11 is 23.1. The van der Waals surface area contributed by atoms with E-state index in [1.165, 1.54) is 5.54 Å². The molecule has 0 aliphatic carbocycles. The Labute approximate surface area is 97.0 Å². The molecule has 1 unspecified atom stereocenters. The van der Waals surface area contributed by atoms with Crippen molar-refractivity contribution in [2.75, 3.05) is 0 Å². The third-order valence-electron chi connectivity index (χ3n) is 1.52. The molecule has 1 aromatic carbocycles. The van der Waals surface area contributed by atoms with Crippen molar-refractivity contribution in [3.8, 4) is 0 Å². The predicted octanol–water partition coefficient (Wildman–Crippen LogP) is 5.03. The Bertz CT molecular complexity index is 319. The van der Waals surface area contributed by atoms with Crippen LogP contribution in [0.15, 0.2) is 29.8 Å². The van der Waals surface area contributed by atoms with Crippen LogP contribution in [0.2, 0.25) is 10.0 Å². The van der Waals surface area contributed by atoms with Crippen LogP contribution in [0, 0.1) is 0 Å². The van der Waals surface area contributed by atoms with Crippen LogP contribution in [0.4, 0.5) is 0 Å². The molecule has 0 N–H and O–H groups in total. The van der Waals surface area contributed by atoms with Crippen molar-refractivity contribution in [2.45, 2.75) is 5.38 Å². The van der Waals surface area contributed by atoms with Gasteiger partial charge in [-0.2, -0.15) is 0 Å². The normalized spacial score (nSPS) is 13.5. The molecule has 1 rings (SSSR count). The fraction of sp³-hybridized carbons (Fsp3) is 0.111. The number of benzene rings is 1. The number of halogens is 4. The van der Waals surface area contributed by atoms with E-state index in [1.54, 1.807) is 18.2 Å². The van der Waals surface area contributed by atoms with Crippen LogP contribution >= 0.6 is 46.4 Å².